The Balaban J connectivity index is 2.10. The van der Waals surface area contributed by atoms with Crippen molar-refractivity contribution < 1.29 is 5.11 Å². The van der Waals surface area contributed by atoms with E-state index in [1.165, 1.54) is 13.0 Å². The van der Waals surface area contributed by atoms with Crippen LogP contribution >= 0.6 is 0 Å². The van der Waals surface area contributed by atoms with Gasteiger partial charge in [0.15, 0.2) is 0 Å². The Bertz CT molecular complexity index is 141. The Labute approximate surface area is 81.3 Å². The third kappa shape index (κ3) is 3.63. The monoisotopic (exact) mass is 186 g/mol. The highest BCUT2D eigenvalue weighted by atomic mass is 16.3. The van der Waals surface area contributed by atoms with Crippen LogP contribution in [0.5, 0.6) is 0 Å². The Morgan fingerprint density at radius 2 is 2.31 bits per heavy atom. The lowest BCUT2D eigenvalue weighted by Crippen LogP contribution is -2.32. The molecule has 0 aromatic carbocycles. The largest absolute Gasteiger partial charge is 0.396 e. The van der Waals surface area contributed by atoms with E-state index in [4.69, 9.17) is 5.11 Å². The highest BCUT2D eigenvalue weighted by Crippen LogP contribution is 2.14. The summed E-state index contributed by atoms with van der Waals surface area (Å²) in [5.41, 5.74) is 0. The first-order valence-corrected chi connectivity index (χ1v) is 5.28. The summed E-state index contributed by atoms with van der Waals surface area (Å²) in [6.45, 7) is 8.23. The number of likely N-dealkylation sites (tertiary alicyclic amines) is 1. The summed E-state index contributed by atoms with van der Waals surface area (Å²) in [6.07, 6.45) is 1.17. The van der Waals surface area contributed by atoms with E-state index in [0.29, 0.717) is 12.5 Å². The Hall–Kier alpha value is -0.120. The average Bonchev–Trinajstić information content (AvgIpc) is 2.61. The molecule has 1 N–H and O–H groups in total. The van der Waals surface area contributed by atoms with E-state index in [2.05, 4.69) is 23.8 Å². The first-order chi connectivity index (χ1) is 6.26. The molecule has 0 saturated carbocycles. The molecule has 0 amide bonds. The maximum Gasteiger partial charge on any atom is 0.0471 e. The number of rotatable bonds is 5. The SMILES string of the molecule is CCN(C)CCN1CCC(CO)C1. The van der Waals surface area contributed by atoms with Crippen LogP contribution in [-0.4, -0.2) is 61.3 Å². The van der Waals surface area contributed by atoms with Crippen LogP contribution in [0.4, 0.5) is 0 Å². The topological polar surface area (TPSA) is 26.7 Å². The van der Waals surface area contributed by atoms with Crippen LogP contribution in [-0.2, 0) is 0 Å². The normalized spacial score (nSPS) is 24.5. The number of likely N-dealkylation sites (N-methyl/N-ethyl adjacent to an activating group) is 1. The molecular formula is C10H22N2O. The van der Waals surface area contributed by atoms with Gasteiger partial charge in [-0.2, -0.15) is 0 Å². The maximum absolute atomic E-state index is 8.97. The number of nitrogens with zero attached hydrogens (tertiary/aromatic N) is 2. The van der Waals surface area contributed by atoms with Gasteiger partial charge in [0.25, 0.3) is 0 Å². The van der Waals surface area contributed by atoms with Gasteiger partial charge in [-0.05, 0) is 32.5 Å². The predicted octanol–water partition coefficient (Wildman–Crippen LogP) is 0.252. The lowest BCUT2D eigenvalue weighted by atomic mass is 10.1. The third-order valence-corrected chi connectivity index (χ3v) is 2.97. The second kappa shape index (κ2) is 5.58. The number of hydrogen-bond donors (Lipinski definition) is 1. The van der Waals surface area contributed by atoms with E-state index in [1.54, 1.807) is 0 Å². The summed E-state index contributed by atoms with van der Waals surface area (Å²) in [7, 11) is 2.15. The highest BCUT2D eigenvalue weighted by Gasteiger charge is 2.20. The molecule has 1 heterocycles. The van der Waals surface area contributed by atoms with Gasteiger partial charge in [0.1, 0.15) is 0 Å². The van der Waals surface area contributed by atoms with E-state index >= 15 is 0 Å². The fourth-order valence-corrected chi connectivity index (χ4v) is 1.74. The molecule has 0 aromatic rings. The van der Waals surface area contributed by atoms with Crippen LogP contribution in [0.15, 0.2) is 0 Å². The van der Waals surface area contributed by atoms with Crippen molar-refractivity contribution in [3.05, 3.63) is 0 Å². The molecule has 13 heavy (non-hydrogen) atoms. The van der Waals surface area contributed by atoms with Crippen molar-refractivity contribution in [2.24, 2.45) is 5.92 Å². The average molecular weight is 186 g/mol. The van der Waals surface area contributed by atoms with Crippen molar-refractivity contribution >= 4 is 0 Å². The molecular weight excluding hydrogens is 164 g/mol. The van der Waals surface area contributed by atoms with E-state index < -0.39 is 0 Å². The molecule has 1 atom stereocenters. The molecule has 0 aromatic heterocycles. The molecule has 1 unspecified atom stereocenters. The molecule has 1 rings (SSSR count). The number of aliphatic hydroxyl groups is 1. The summed E-state index contributed by atoms with van der Waals surface area (Å²) >= 11 is 0. The zero-order valence-electron chi connectivity index (χ0n) is 8.87. The lowest BCUT2D eigenvalue weighted by molar-refractivity contribution is 0.213. The van der Waals surface area contributed by atoms with Gasteiger partial charge in [-0.15, -0.1) is 0 Å². The first-order valence-electron chi connectivity index (χ1n) is 5.28. The van der Waals surface area contributed by atoms with Gasteiger partial charge in [-0.1, -0.05) is 6.92 Å². The summed E-state index contributed by atoms with van der Waals surface area (Å²) in [5, 5.41) is 8.97. The fourth-order valence-electron chi connectivity index (χ4n) is 1.74. The van der Waals surface area contributed by atoms with Crippen LogP contribution in [0.25, 0.3) is 0 Å². The quantitative estimate of drug-likeness (QED) is 0.667. The molecule has 0 spiro atoms. The van der Waals surface area contributed by atoms with Gasteiger partial charge in [-0.25, -0.2) is 0 Å². The van der Waals surface area contributed by atoms with Gasteiger partial charge in [0.05, 0.1) is 0 Å². The molecule has 0 aliphatic carbocycles. The molecule has 1 saturated heterocycles. The molecule has 3 heteroatoms. The zero-order chi connectivity index (χ0) is 9.68. The smallest absolute Gasteiger partial charge is 0.0471 e. The van der Waals surface area contributed by atoms with Crippen LogP contribution < -0.4 is 0 Å². The minimum atomic E-state index is 0.361. The standard InChI is InChI=1S/C10H22N2O/c1-3-11(2)6-7-12-5-4-10(8-12)9-13/h10,13H,3-9H2,1-2H3. The molecule has 1 aliphatic heterocycles. The minimum absolute atomic E-state index is 0.361. The van der Waals surface area contributed by atoms with Gasteiger partial charge in [0.2, 0.25) is 0 Å². The summed E-state index contributed by atoms with van der Waals surface area (Å²) in [6, 6.07) is 0. The third-order valence-electron chi connectivity index (χ3n) is 2.97. The van der Waals surface area contributed by atoms with Crippen molar-refractivity contribution in [1.82, 2.24) is 9.80 Å². The molecule has 0 radical (unpaired) electrons. The number of aliphatic hydroxyl groups excluding tert-OH is 1. The van der Waals surface area contributed by atoms with Gasteiger partial charge < -0.3 is 14.9 Å². The van der Waals surface area contributed by atoms with Crippen LogP contribution in [0.3, 0.4) is 0 Å². The van der Waals surface area contributed by atoms with Crippen molar-refractivity contribution in [2.75, 3.05) is 46.4 Å². The van der Waals surface area contributed by atoms with E-state index in [1.807, 2.05) is 0 Å². The van der Waals surface area contributed by atoms with Crippen molar-refractivity contribution in [3.63, 3.8) is 0 Å². The Morgan fingerprint density at radius 1 is 1.54 bits per heavy atom. The fraction of sp³-hybridized carbons (Fsp3) is 1.00. The number of hydrogen-bond acceptors (Lipinski definition) is 3. The van der Waals surface area contributed by atoms with E-state index in [0.717, 1.165) is 26.2 Å². The maximum atomic E-state index is 8.97. The molecule has 0 bridgehead atoms. The molecule has 78 valence electrons. The Kier molecular flexibility index (Phi) is 4.70. The second-order valence-corrected chi connectivity index (χ2v) is 4.03. The zero-order valence-corrected chi connectivity index (χ0v) is 8.87. The van der Waals surface area contributed by atoms with Gasteiger partial charge >= 0.3 is 0 Å². The van der Waals surface area contributed by atoms with Crippen LogP contribution in [0.1, 0.15) is 13.3 Å². The van der Waals surface area contributed by atoms with Crippen LogP contribution in [0, 0.1) is 5.92 Å². The van der Waals surface area contributed by atoms with Crippen LogP contribution in [0.2, 0.25) is 0 Å². The van der Waals surface area contributed by atoms with E-state index in [9.17, 15) is 0 Å². The van der Waals surface area contributed by atoms with Crippen molar-refractivity contribution in [1.29, 1.82) is 0 Å². The Morgan fingerprint density at radius 3 is 2.85 bits per heavy atom. The minimum Gasteiger partial charge on any atom is -0.396 e. The molecule has 3 nitrogen and oxygen atoms in total. The predicted molar refractivity (Wildman–Crippen MR) is 54.8 cm³/mol. The van der Waals surface area contributed by atoms with Gasteiger partial charge in [-0.3, -0.25) is 0 Å². The van der Waals surface area contributed by atoms with E-state index in [-0.39, 0.29) is 0 Å². The highest BCUT2D eigenvalue weighted by molar-refractivity contribution is 4.75. The summed E-state index contributed by atoms with van der Waals surface area (Å²) in [4.78, 5) is 4.78. The molecule has 1 fully saturated rings. The summed E-state index contributed by atoms with van der Waals surface area (Å²) < 4.78 is 0. The van der Waals surface area contributed by atoms with Crippen molar-refractivity contribution in [3.8, 4) is 0 Å². The first kappa shape index (κ1) is 11.0. The van der Waals surface area contributed by atoms with Gasteiger partial charge in [0, 0.05) is 26.2 Å². The lowest BCUT2D eigenvalue weighted by Gasteiger charge is -2.20. The molecule has 1 aliphatic rings. The second-order valence-electron chi connectivity index (χ2n) is 4.03. The van der Waals surface area contributed by atoms with Crippen molar-refractivity contribution in [2.45, 2.75) is 13.3 Å². The summed E-state index contributed by atoms with van der Waals surface area (Å²) in [5.74, 6) is 0.534.